The molecule has 0 aliphatic carbocycles. The first kappa shape index (κ1) is 42.7. The van der Waals surface area contributed by atoms with Gasteiger partial charge in [-0.25, -0.2) is 0 Å². The summed E-state index contributed by atoms with van der Waals surface area (Å²) in [6.45, 7) is 6.88. The molecule has 1 aromatic rings. The van der Waals surface area contributed by atoms with Crippen LogP contribution < -0.4 is 0 Å². The average molecular weight is 665 g/mol. The monoisotopic (exact) mass is 665 g/mol. The molecule has 0 fully saturated rings. The number of hydrogen-bond donors (Lipinski definition) is 0. The fraction of sp³-hybridized carbons (Fsp3) is 0.826. The van der Waals surface area contributed by atoms with Crippen LogP contribution in [0.2, 0.25) is 0 Å². The summed E-state index contributed by atoms with van der Waals surface area (Å²) < 4.78 is 0. The molecule has 0 N–H and O–H groups in total. The van der Waals surface area contributed by atoms with Crippen molar-refractivity contribution < 1.29 is 0 Å². The maximum Gasteiger partial charge on any atom is 0.101 e. The second-order valence-electron chi connectivity index (χ2n) is 15.6. The maximum atomic E-state index is 2.68. The first-order valence-corrected chi connectivity index (χ1v) is 22.1. The first-order valence-electron chi connectivity index (χ1n) is 22.1. The molecule has 0 radical (unpaired) electrons. The van der Waals surface area contributed by atoms with Gasteiger partial charge in [-0.05, 0) is 24.8 Å². The number of nitrogens with zero attached hydrogens (tertiary/aromatic N) is 2. The number of unbranched alkanes of at least 4 members (excludes halogenated alkanes) is 30. The van der Waals surface area contributed by atoms with Crippen LogP contribution in [0.4, 0.5) is 0 Å². The van der Waals surface area contributed by atoms with E-state index in [4.69, 9.17) is 0 Å². The Labute approximate surface area is 302 Å². The maximum absolute atomic E-state index is 2.68. The molecule has 1 unspecified atom stereocenters. The predicted molar refractivity (Wildman–Crippen MR) is 215 cm³/mol. The molecular formula is C46H84N2. The molecule has 1 aromatic carbocycles. The third kappa shape index (κ3) is 23.8. The van der Waals surface area contributed by atoms with Crippen molar-refractivity contribution in [3.05, 3.63) is 48.3 Å². The van der Waals surface area contributed by atoms with E-state index in [1.165, 1.54) is 224 Å². The van der Waals surface area contributed by atoms with Crippen LogP contribution in [0.5, 0.6) is 0 Å². The lowest BCUT2D eigenvalue weighted by molar-refractivity contribution is 0.132. The van der Waals surface area contributed by atoms with E-state index in [1.54, 1.807) is 0 Å². The van der Waals surface area contributed by atoms with Crippen molar-refractivity contribution in [3.63, 3.8) is 0 Å². The van der Waals surface area contributed by atoms with Gasteiger partial charge in [-0.3, -0.25) is 0 Å². The molecule has 0 saturated carbocycles. The Bertz CT molecular complexity index is 804. The minimum Gasteiger partial charge on any atom is -0.356 e. The summed E-state index contributed by atoms with van der Waals surface area (Å²) >= 11 is 0. The fourth-order valence-electron chi connectivity index (χ4n) is 7.79. The van der Waals surface area contributed by atoms with Crippen molar-refractivity contribution >= 4 is 0 Å². The van der Waals surface area contributed by atoms with Crippen molar-refractivity contribution in [2.75, 3.05) is 6.54 Å². The third-order valence-electron chi connectivity index (χ3n) is 11.0. The van der Waals surface area contributed by atoms with Gasteiger partial charge >= 0.3 is 0 Å². The van der Waals surface area contributed by atoms with Crippen molar-refractivity contribution in [3.8, 4) is 0 Å². The van der Waals surface area contributed by atoms with Gasteiger partial charge in [0.05, 0.1) is 0 Å². The summed E-state index contributed by atoms with van der Waals surface area (Å²) in [6.07, 6.45) is 52.8. The van der Waals surface area contributed by atoms with Gasteiger partial charge in [0.25, 0.3) is 0 Å². The molecule has 0 spiro atoms. The van der Waals surface area contributed by atoms with Gasteiger partial charge in [-0.1, -0.05) is 237 Å². The van der Waals surface area contributed by atoms with E-state index in [-0.39, 0.29) is 0 Å². The van der Waals surface area contributed by atoms with Crippen LogP contribution in [0.1, 0.15) is 231 Å². The summed E-state index contributed by atoms with van der Waals surface area (Å²) in [5, 5.41) is 0. The zero-order valence-electron chi connectivity index (χ0n) is 32.8. The highest BCUT2D eigenvalue weighted by molar-refractivity contribution is 5.16. The van der Waals surface area contributed by atoms with Crippen molar-refractivity contribution in [1.29, 1.82) is 0 Å². The lowest BCUT2D eigenvalue weighted by atomic mass is 10.0. The van der Waals surface area contributed by atoms with Crippen LogP contribution in [0.25, 0.3) is 0 Å². The topological polar surface area (TPSA) is 6.48 Å². The zero-order chi connectivity index (χ0) is 34.0. The molecule has 48 heavy (non-hydrogen) atoms. The molecule has 2 rings (SSSR count). The van der Waals surface area contributed by atoms with Gasteiger partial charge in [-0.15, -0.1) is 0 Å². The SMILES string of the molecule is CCCCCCCCCCCCCCCCCCCC1N(CCCCCCCCCCCCCCCCC)C=CN1Cc1ccccc1. The summed E-state index contributed by atoms with van der Waals surface area (Å²) in [4.78, 5) is 5.30. The minimum atomic E-state index is 0.549. The van der Waals surface area contributed by atoms with Gasteiger partial charge in [0.15, 0.2) is 0 Å². The quantitative estimate of drug-likeness (QED) is 0.0659. The zero-order valence-corrected chi connectivity index (χ0v) is 32.8. The van der Waals surface area contributed by atoms with E-state index in [9.17, 15) is 0 Å². The normalized spacial score (nSPS) is 14.5. The van der Waals surface area contributed by atoms with Crippen LogP contribution in [0.3, 0.4) is 0 Å². The van der Waals surface area contributed by atoms with Gasteiger partial charge < -0.3 is 9.80 Å². The van der Waals surface area contributed by atoms with E-state index >= 15 is 0 Å². The van der Waals surface area contributed by atoms with Crippen molar-refractivity contribution in [1.82, 2.24) is 9.80 Å². The first-order chi connectivity index (χ1) is 23.8. The largest absolute Gasteiger partial charge is 0.356 e. The molecule has 1 aliphatic rings. The van der Waals surface area contributed by atoms with E-state index in [1.807, 2.05) is 0 Å². The highest BCUT2D eigenvalue weighted by Crippen LogP contribution is 2.25. The highest BCUT2D eigenvalue weighted by Gasteiger charge is 2.25. The highest BCUT2D eigenvalue weighted by atomic mass is 15.4. The molecule has 0 saturated heterocycles. The van der Waals surface area contributed by atoms with E-state index in [0.717, 1.165) is 6.54 Å². The molecule has 0 bridgehead atoms. The van der Waals surface area contributed by atoms with Crippen LogP contribution in [-0.2, 0) is 6.54 Å². The average Bonchev–Trinajstić information content (AvgIpc) is 3.48. The van der Waals surface area contributed by atoms with Crippen LogP contribution in [-0.4, -0.2) is 22.5 Å². The van der Waals surface area contributed by atoms with E-state index in [0.29, 0.717) is 6.17 Å². The van der Waals surface area contributed by atoms with Crippen molar-refractivity contribution in [2.24, 2.45) is 0 Å². The van der Waals surface area contributed by atoms with E-state index < -0.39 is 0 Å². The lowest BCUT2D eigenvalue weighted by Crippen LogP contribution is -2.38. The second kappa shape index (κ2) is 32.7. The Balaban J connectivity index is 1.49. The van der Waals surface area contributed by atoms with Gasteiger partial charge in [-0.2, -0.15) is 0 Å². The Morgan fingerprint density at radius 3 is 1.10 bits per heavy atom. The lowest BCUT2D eigenvalue weighted by Gasteiger charge is -2.33. The number of hydrogen-bond acceptors (Lipinski definition) is 2. The molecule has 1 heterocycles. The summed E-state index contributed by atoms with van der Waals surface area (Å²) in [7, 11) is 0. The summed E-state index contributed by atoms with van der Waals surface area (Å²) in [6, 6.07) is 11.1. The number of rotatable bonds is 36. The Kier molecular flexibility index (Phi) is 29.1. The molecule has 2 heteroatoms. The van der Waals surface area contributed by atoms with Gasteiger partial charge in [0.2, 0.25) is 0 Å². The van der Waals surface area contributed by atoms with E-state index in [2.05, 4.69) is 66.4 Å². The Morgan fingerprint density at radius 1 is 0.375 bits per heavy atom. The third-order valence-corrected chi connectivity index (χ3v) is 11.0. The van der Waals surface area contributed by atoms with Crippen LogP contribution in [0, 0.1) is 0 Å². The fourth-order valence-corrected chi connectivity index (χ4v) is 7.79. The Morgan fingerprint density at radius 2 is 0.708 bits per heavy atom. The minimum absolute atomic E-state index is 0.549. The molecule has 0 aromatic heterocycles. The Hall–Kier alpha value is -1.44. The summed E-state index contributed by atoms with van der Waals surface area (Å²) in [5.74, 6) is 0. The molecule has 1 aliphatic heterocycles. The van der Waals surface area contributed by atoms with Crippen LogP contribution >= 0.6 is 0 Å². The molecule has 278 valence electrons. The summed E-state index contributed by atoms with van der Waals surface area (Å²) in [5.41, 5.74) is 1.43. The smallest absolute Gasteiger partial charge is 0.101 e. The molecule has 1 atom stereocenters. The van der Waals surface area contributed by atoms with Gasteiger partial charge in [0.1, 0.15) is 6.17 Å². The van der Waals surface area contributed by atoms with Gasteiger partial charge in [0, 0.05) is 25.5 Å². The standard InChI is InChI=1S/C46H84N2/c1-3-5-7-9-11-13-15-17-19-20-21-23-25-27-29-31-36-40-46-47(42-43-48(46)44-45-38-34-33-35-39-45)41-37-32-30-28-26-24-22-18-16-14-12-10-8-6-4-2/h33-35,38-39,42-43,46H,3-32,36-37,40-41,44H2,1-2H3. The molecule has 2 nitrogen and oxygen atoms in total. The predicted octanol–water partition coefficient (Wildman–Crippen LogP) is 15.5. The number of benzene rings is 1. The molecule has 0 amide bonds. The molecular weight excluding hydrogens is 581 g/mol. The van der Waals surface area contributed by atoms with Crippen LogP contribution in [0.15, 0.2) is 42.7 Å². The van der Waals surface area contributed by atoms with Crippen molar-refractivity contribution in [2.45, 2.75) is 238 Å². The second-order valence-corrected chi connectivity index (χ2v) is 15.6.